The molecule has 110 valence electrons. The fourth-order valence-corrected chi connectivity index (χ4v) is 1.68. The molecule has 2 aromatic rings. The second-order valence-electron chi connectivity index (χ2n) is 4.13. The average Bonchev–Trinajstić information content (AvgIpc) is 2.94. The summed E-state index contributed by atoms with van der Waals surface area (Å²) in [6.45, 7) is 1.23. The molecule has 0 aliphatic heterocycles. The number of benzene rings is 1. The maximum absolute atomic E-state index is 11.7. The molecular weight excluding hydrogens is 298 g/mol. The van der Waals surface area contributed by atoms with Gasteiger partial charge < -0.3 is 10.1 Å². The molecule has 21 heavy (non-hydrogen) atoms. The van der Waals surface area contributed by atoms with Gasteiger partial charge in [0.1, 0.15) is 12.9 Å². The zero-order valence-corrected chi connectivity index (χ0v) is 11.9. The van der Waals surface area contributed by atoms with Crippen LogP contribution in [0.5, 0.6) is 0 Å². The summed E-state index contributed by atoms with van der Waals surface area (Å²) in [6, 6.07) is 5.15. The lowest BCUT2D eigenvalue weighted by Crippen LogP contribution is -2.23. The van der Waals surface area contributed by atoms with Crippen molar-refractivity contribution in [2.45, 2.75) is 13.5 Å². The molecule has 0 bridgehead atoms. The monoisotopic (exact) mass is 309 g/mol. The number of aromatic nitrogens is 4. The summed E-state index contributed by atoms with van der Waals surface area (Å²) in [7, 11) is 0. The topological polar surface area (TPSA) is 99.0 Å². The van der Waals surface area contributed by atoms with E-state index in [4.69, 9.17) is 16.3 Å². The second kappa shape index (κ2) is 6.80. The van der Waals surface area contributed by atoms with Gasteiger partial charge in [-0.1, -0.05) is 17.7 Å². The molecule has 0 aliphatic carbocycles. The van der Waals surface area contributed by atoms with Gasteiger partial charge in [-0.25, -0.2) is 4.68 Å². The Bertz CT molecular complexity index is 644. The van der Waals surface area contributed by atoms with Crippen LogP contribution in [-0.4, -0.2) is 38.7 Å². The number of esters is 1. The smallest absolute Gasteiger partial charge is 0.328 e. The molecule has 0 saturated heterocycles. The minimum absolute atomic E-state index is 0.156. The van der Waals surface area contributed by atoms with Gasteiger partial charge in [0, 0.05) is 10.7 Å². The molecule has 1 N–H and O–H groups in total. The Morgan fingerprint density at radius 2 is 2.24 bits per heavy atom. The Balaban J connectivity index is 1.82. The molecule has 1 amide bonds. The summed E-state index contributed by atoms with van der Waals surface area (Å²) in [5, 5.41) is 13.4. The highest BCUT2D eigenvalue weighted by Crippen LogP contribution is 2.22. The van der Waals surface area contributed by atoms with Gasteiger partial charge in [-0.05, 0) is 35.0 Å². The highest BCUT2D eigenvalue weighted by molar-refractivity contribution is 6.31. The number of carbonyl (C=O) groups is 2. The number of amides is 1. The van der Waals surface area contributed by atoms with Crippen molar-refractivity contribution in [2.75, 3.05) is 11.9 Å². The second-order valence-corrected chi connectivity index (χ2v) is 4.54. The van der Waals surface area contributed by atoms with Crippen molar-refractivity contribution in [2.24, 2.45) is 0 Å². The average molecular weight is 310 g/mol. The lowest BCUT2D eigenvalue weighted by Gasteiger charge is -2.09. The van der Waals surface area contributed by atoms with Gasteiger partial charge in [-0.3, -0.25) is 9.59 Å². The number of anilines is 1. The summed E-state index contributed by atoms with van der Waals surface area (Å²) >= 11 is 5.95. The largest absolute Gasteiger partial charge is 0.454 e. The van der Waals surface area contributed by atoms with Crippen molar-refractivity contribution < 1.29 is 14.3 Å². The normalized spacial score (nSPS) is 10.2. The third-order valence-electron chi connectivity index (χ3n) is 2.59. The summed E-state index contributed by atoms with van der Waals surface area (Å²) < 4.78 is 6.01. The first-order chi connectivity index (χ1) is 10.1. The first kappa shape index (κ1) is 14.9. The number of halogens is 1. The van der Waals surface area contributed by atoms with Crippen molar-refractivity contribution in [1.29, 1.82) is 0 Å². The lowest BCUT2D eigenvalue weighted by atomic mass is 10.2. The third-order valence-corrected chi connectivity index (χ3v) is 3.00. The zero-order valence-electron chi connectivity index (χ0n) is 11.1. The van der Waals surface area contributed by atoms with Crippen molar-refractivity contribution >= 4 is 29.2 Å². The minimum atomic E-state index is -0.611. The van der Waals surface area contributed by atoms with Gasteiger partial charge in [-0.15, -0.1) is 5.10 Å². The minimum Gasteiger partial charge on any atom is -0.454 e. The van der Waals surface area contributed by atoms with E-state index >= 15 is 0 Å². The molecule has 1 heterocycles. The molecule has 0 fully saturated rings. The van der Waals surface area contributed by atoms with Gasteiger partial charge in [0.2, 0.25) is 0 Å². The molecule has 0 aliphatic rings. The highest BCUT2D eigenvalue weighted by Gasteiger charge is 2.11. The van der Waals surface area contributed by atoms with Crippen LogP contribution in [0.2, 0.25) is 5.02 Å². The quantitative estimate of drug-likeness (QED) is 0.821. The molecule has 0 radical (unpaired) electrons. The van der Waals surface area contributed by atoms with Crippen LogP contribution in [0.1, 0.15) is 5.56 Å². The van der Waals surface area contributed by atoms with E-state index in [2.05, 4.69) is 20.8 Å². The van der Waals surface area contributed by atoms with Gasteiger partial charge in [0.15, 0.2) is 6.61 Å². The fourth-order valence-electron chi connectivity index (χ4n) is 1.51. The number of rotatable bonds is 5. The van der Waals surface area contributed by atoms with Crippen LogP contribution in [0, 0.1) is 6.92 Å². The van der Waals surface area contributed by atoms with E-state index in [0.717, 1.165) is 5.56 Å². The Kier molecular flexibility index (Phi) is 4.83. The molecule has 1 aromatic heterocycles. The van der Waals surface area contributed by atoms with Crippen molar-refractivity contribution in [3.63, 3.8) is 0 Å². The van der Waals surface area contributed by atoms with Gasteiger partial charge >= 0.3 is 5.97 Å². The molecule has 2 rings (SSSR count). The Morgan fingerprint density at radius 3 is 2.95 bits per heavy atom. The molecule has 0 atom stereocenters. The summed E-state index contributed by atoms with van der Waals surface area (Å²) in [5.41, 5.74) is 1.32. The first-order valence-corrected chi connectivity index (χ1v) is 6.35. The number of tetrazole rings is 1. The molecule has 9 heteroatoms. The van der Waals surface area contributed by atoms with Crippen molar-refractivity contribution in [3.05, 3.63) is 35.1 Å². The Hall–Kier alpha value is -2.48. The molecule has 0 unspecified atom stereocenters. The van der Waals surface area contributed by atoms with E-state index in [9.17, 15) is 9.59 Å². The van der Waals surface area contributed by atoms with Gasteiger partial charge in [0.05, 0.1) is 0 Å². The van der Waals surface area contributed by atoms with E-state index in [0.29, 0.717) is 10.7 Å². The van der Waals surface area contributed by atoms with Crippen LogP contribution in [0.15, 0.2) is 24.5 Å². The van der Waals surface area contributed by atoms with E-state index in [1.54, 1.807) is 25.1 Å². The fraction of sp³-hybridized carbons (Fsp3) is 0.250. The molecule has 8 nitrogen and oxygen atoms in total. The number of ether oxygens (including phenoxy) is 1. The molecule has 0 spiro atoms. The molecule has 0 saturated carbocycles. The third kappa shape index (κ3) is 4.25. The van der Waals surface area contributed by atoms with Crippen LogP contribution in [0.25, 0.3) is 0 Å². The SMILES string of the molecule is Cc1c(Cl)cccc1NC(=O)COC(=O)Cn1cnnn1. The number of hydrogen-bond acceptors (Lipinski definition) is 6. The van der Waals surface area contributed by atoms with E-state index < -0.39 is 18.5 Å². The maximum atomic E-state index is 11.7. The molecular formula is C12H12ClN5O3. The Labute approximate surface area is 125 Å². The highest BCUT2D eigenvalue weighted by atomic mass is 35.5. The van der Waals surface area contributed by atoms with Crippen LogP contribution < -0.4 is 5.32 Å². The van der Waals surface area contributed by atoms with Crippen LogP contribution in [-0.2, 0) is 20.9 Å². The number of carbonyl (C=O) groups excluding carboxylic acids is 2. The molecule has 1 aromatic carbocycles. The predicted molar refractivity (Wildman–Crippen MR) is 73.6 cm³/mol. The van der Waals surface area contributed by atoms with Crippen molar-refractivity contribution in [1.82, 2.24) is 20.2 Å². The maximum Gasteiger partial charge on any atom is 0.328 e. The van der Waals surface area contributed by atoms with E-state index in [1.807, 2.05) is 0 Å². The Morgan fingerprint density at radius 1 is 1.43 bits per heavy atom. The van der Waals surface area contributed by atoms with Gasteiger partial charge in [0.25, 0.3) is 5.91 Å². The number of nitrogens with zero attached hydrogens (tertiary/aromatic N) is 4. The van der Waals surface area contributed by atoms with Crippen molar-refractivity contribution in [3.8, 4) is 0 Å². The summed E-state index contributed by atoms with van der Waals surface area (Å²) in [6.07, 6.45) is 1.27. The summed E-state index contributed by atoms with van der Waals surface area (Å²) in [4.78, 5) is 23.2. The van der Waals surface area contributed by atoms with Crippen LogP contribution in [0.3, 0.4) is 0 Å². The standard InChI is InChI=1S/C12H12ClN5O3/c1-8-9(13)3-2-4-10(8)15-11(19)6-21-12(20)5-18-7-14-16-17-18/h2-4,7H,5-6H2,1H3,(H,15,19). The number of hydrogen-bond donors (Lipinski definition) is 1. The first-order valence-electron chi connectivity index (χ1n) is 5.97. The van der Waals surface area contributed by atoms with E-state index in [-0.39, 0.29) is 6.54 Å². The zero-order chi connectivity index (χ0) is 15.2. The number of nitrogens with one attached hydrogen (secondary N) is 1. The lowest BCUT2D eigenvalue weighted by molar-refractivity contribution is -0.148. The van der Waals surface area contributed by atoms with Gasteiger partial charge in [-0.2, -0.15) is 0 Å². The predicted octanol–water partition coefficient (Wildman–Crippen LogP) is 0.817. The van der Waals surface area contributed by atoms with Crippen LogP contribution >= 0.6 is 11.6 Å². The summed E-state index contributed by atoms with van der Waals surface area (Å²) in [5.74, 6) is -1.06. The van der Waals surface area contributed by atoms with Crippen LogP contribution in [0.4, 0.5) is 5.69 Å². The van der Waals surface area contributed by atoms with E-state index in [1.165, 1.54) is 11.0 Å².